The van der Waals surface area contributed by atoms with Gasteiger partial charge in [0.1, 0.15) is 24.3 Å². The number of likely N-dealkylation sites (tertiary alicyclic amines) is 2. The first kappa shape index (κ1) is 29.5. The molecular weight excluding hydrogens is 556 g/mol. The highest BCUT2D eigenvalue weighted by atomic mass is 19.1. The molecule has 6 rings (SSSR count). The Morgan fingerprint density at radius 1 is 1.12 bits per heavy atom. The number of nitrogens with one attached hydrogen (secondary N) is 2. The van der Waals surface area contributed by atoms with Crippen molar-refractivity contribution in [2.75, 3.05) is 18.4 Å². The largest absolute Gasteiger partial charge is 0.341 e. The Balaban J connectivity index is 1.37. The molecule has 3 heterocycles. The lowest BCUT2D eigenvalue weighted by atomic mass is 9.77. The molecule has 2 N–H and O–H groups in total. The predicted octanol–water partition coefficient (Wildman–Crippen LogP) is 3.10. The number of nitrogens with zero attached hydrogens (tertiary/aromatic N) is 3. The van der Waals surface area contributed by atoms with E-state index in [2.05, 4.69) is 16.7 Å². The van der Waals surface area contributed by atoms with Gasteiger partial charge in [-0.05, 0) is 67.4 Å². The minimum Gasteiger partial charge on any atom is -0.341 e. The molecule has 2 bridgehead atoms. The van der Waals surface area contributed by atoms with E-state index in [9.17, 15) is 28.8 Å². The van der Waals surface area contributed by atoms with Crippen LogP contribution in [0.25, 0.3) is 0 Å². The Morgan fingerprint density at radius 2 is 1.81 bits per heavy atom. The van der Waals surface area contributed by atoms with Crippen molar-refractivity contribution < 1.29 is 28.0 Å². The second kappa shape index (κ2) is 9.73. The summed E-state index contributed by atoms with van der Waals surface area (Å²) < 4.78 is 29.8. The lowest BCUT2D eigenvalue weighted by molar-refractivity contribution is -0.150. The fraction of sp³-hybridized carbons (Fsp3) is 0.656. The Labute approximate surface area is 250 Å². The quantitative estimate of drug-likeness (QED) is 0.554. The van der Waals surface area contributed by atoms with E-state index in [-0.39, 0.29) is 37.3 Å². The first-order valence-electron chi connectivity index (χ1n) is 15.1. The van der Waals surface area contributed by atoms with Gasteiger partial charge >= 0.3 is 0 Å². The van der Waals surface area contributed by atoms with E-state index in [0.717, 1.165) is 19.4 Å². The third kappa shape index (κ3) is 4.42. The molecular formula is C32H39F2N5O4. The van der Waals surface area contributed by atoms with Gasteiger partial charge < -0.3 is 20.4 Å². The van der Waals surface area contributed by atoms with Gasteiger partial charge in [0.05, 0.1) is 11.5 Å². The Kier molecular flexibility index (Phi) is 6.68. The maximum Gasteiger partial charge on any atom is 0.257 e. The van der Waals surface area contributed by atoms with Gasteiger partial charge in [-0.1, -0.05) is 39.0 Å². The van der Waals surface area contributed by atoms with Crippen LogP contribution in [0.3, 0.4) is 0 Å². The summed E-state index contributed by atoms with van der Waals surface area (Å²) in [6.45, 7) is 7.66. The molecule has 4 amide bonds. The molecule has 230 valence electrons. The summed E-state index contributed by atoms with van der Waals surface area (Å²) in [5, 5.41) is 15.7. The molecule has 0 radical (unpaired) electrons. The van der Waals surface area contributed by atoms with Gasteiger partial charge in [-0.2, -0.15) is 5.26 Å². The van der Waals surface area contributed by atoms with Gasteiger partial charge in [0.25, 0.3) is 5.91 Å². The van der Waals surface area contributed by atoms with E-state index < -0.39 is 70.4 Å². The first-order valence-corrected chi connectivity index (χ1v) is 15.1. The van der Waals surface area contributed by atoms with Crippen LogP contribution in [0.5, 0.6) is 0 Å². The van der Waals surface area contributed by atoms with Crippen molar-refractivity contribution >= 4 is 29.3 Å². The summed E-state index contributed by atoms with van der Waals surface area (Å²) in [6.07, 6.45) is 0.0384. The van der Waals surface area contributed by atoms with Crippen molar-refractivity contribution in [2.45, 2.75) is 89.3 Å². The van der Waals surface area contributed by atoms with Gasteiger partial charge in [0, 0.05) is 25.2 Å². The summed E-state index contributed by atoms with van der Waals surface area (Å²) in [7, 11) is 0. The van der Waals surface area contributed by atoms with Crippen LogP contribution < -0.4 is 10.6 Å². The number of carbonyl (C=O) groups is 4. The van der Waals surface area contributed by atoms with E-state index in [0.29, 0.717) is 18.5 Å². The number of para-hydroxylation sites is 1. The van der Waals surface area contributed by atoms with Gasteiger partial charge in [0.2, 0.25) is 17.7 Å². The number of carbonyl (C=O) groups excluding carboxylic acids is 4. The number of anilines is 1. The van der Waals surface area contributed by atoms with Crippen molar-refractivity contribution in [1.82, 2.24) is 15.1 Å². The highest BCUT2D eigenvalue weighted by Gasteiger charge is 2.65. The van der Waals surface area contributed by atoms with Crippen molar-refractivity contribution in [3.8, 4) is 6.07 Å². The Morgan fingerprint density at radius 3 is 2.47 bits per heavy atom. The van der Waals surface area contributed by atoms with E-state index in [1.165, 1.54) is 9.80 Å². The maximum absolute atomic E-state index is 15.2. The van der Waals surface area contributed by atoms with Crippen LogP contribution in [0.2, 0.25) is 0 Å². The van der Waals surface area contributed by atoms with Gasteiger partial charge in [-0.15, -0.1) is 0 Å². The second-order valence-electron chi connectivity index (χ2n) is 14.7. The minimum absolute atomic E-state index is 0.0229. The predicted molar refractivity (Wildman–Crippen MR) is 153 cm³/mol. The third-order valence-electron chi connectivity index (χ3n) is 10.6. The molecule has 4 fully saturated rings. The molecule has 1 aromatic carbocycles. The van der Waals surface area contributed by atoms with Crippen molar-refractivity contribution in [1.29, 1.82) is 5.26 Å². The fourth-order valence-corrected chi connectivity index (χ4v) is 8.52. The summed E-state index contributed by atoms with van der Waals surface area (Å²) in [5.74, 6) is -3.16. The number of hydrogen-bond donors (Lipinski definition) is 2. The normalized spacial score (nSPS) is 35.0. The maximum atomic E-state index is 15.2. The van der Waals surface area contributed by atoms with Crippen LogP contribution in [0.15, 0.2) is 24.3 Å². The molecule has 9 nitrogen and oxygen atoms in total. The number of hydrogen-bond acceptors (Lipinski definition) is 5. The van der Waals surface area contributed by atoms with E-state index in [1.807, 2.05) is 12.1 Å². The van der Waals surface area contributed by atoms with Gasteiger partial charge in [-0.3, -0.25) is 19.2 Å². The lowest BCUT2D eigenvalue weighted by Gasteiger charge is -2.39. The van der Waals surface area contributed by atoms with Crippen LogP contribution in [-0.2, 0) is 24.6 Å². The number of alkyl halides is 2. The topological polar surface area (TPSA) is 123 Å². The molecule has 1 spiro atoms. The average Bonchev–Trinajstić information content (AvgIpc) is 3.72. The lowest BCUT2D eigenvalue weighted by Crippen LogP contribution is -2.61. The SMILES string of the molecule is CC(C)(F)C(=O)NC(C(=O)N1CC2C3CC(F)C(C3)C2C1C(=O)N1CC2(CC1C#N)C(=O)Nc1ccccc12)C(C)(C)C. The zero-order valence-electron chi connectivity index (χ0n) is 25.2. The molecule has 9 atom stereocenters. The molecule has 0 aromatic heterocycles. The number of halogens is 2. The molecule has 43 heavy (non-hydrogen) atoms. The van der Waals surface area contributed by atoms with Crippen molar-refractivity contribution in [3.05, 3.63) is 29.8 Å². The number of benzene rings is 1. The minimum atomic E-state index is -2.23. The molecule has 2 saturated heterocycles. The van der Waals surface area contributed by atoms with E-state index >= 15 is 4.39 Å². The van der Waals surface area contributed by atoms with Crippen molar-refractivity contribution in [2.24, 2.45) is 29.1 Å². The number of fused-ring (bicyclic) bond motifs is 7. The van der Waals surface area contributed by atoms with E-state index in [4.69, 9.17) is 0 Å². The van der Waals surface area contributed by atoms with Gasteiger partial charge in [0.15, 0.2) is 5.67 Å². The summed E-state index contributed by atoms with van der Waals surface area (Å²) in [6, 6.07) is 6.30. The summed E-state index contributed by atoms with van der Waals surface area (Å²) in [5.41, 5.74) is -2.80. The Bertz CT molecular complexity index is 1430. The highest BCUT2D eigenvalue weighted by Crippen LogP contribution is 2.59. The van der Waals surface area contributed by atoms with Crippen LogP contribution >= 0.6 is 0 Å². The molecule has 9 unspecified atom stereocenters. The fourth-order valence-electron chi connectivity index (χ4n) is 8.52. The molecule has 3 aliphatic heterocycles. The monoisotopic (exact) mass is 595 g/mol. The zero-order chi connectivity index (χ0) is 31.2. The first-order chi connectivity index (χ1) is 20.1. The Hall–Kier alpha value is -3.55. The average molecular weight is 596 g/mol. The molecule has 2 saturated carbocycles. The third-order valence-corrected chi connectivity index (χ3v) is 10.6. The van der Waals surface area contributed by atoms with Crippen LogP contribution in [0.4, 0.5) is 14.5 Å². The van der Waals surface area contributed by atoms with Crippen LogP contribution in [0, 0.1) is 40.4 Å². The molecule has 5 aliphatic rings. The molecule has 1 aromatic rings. The number of amides is 4. The zero-order valence-corrected chi connectivity index (χ0v) is 25.2. The smallest absolute Gasteiger partial charge is 0.257 e. The number of rotatable bonds is 4. The summed E-state index contributed by atoms with van der Waals surface area (Å²) >= 11 is 0. The molecule has 11 heteroatoms. The molecule has 2 aliphatic carbocycles. The van der Waals surface area contributed by atoms with Crippen molar-refractivity contribution in [3.63, 3.8) is 0 Å². The van der Waals surface area contributed by atoms with Crippen LogP contribution in [0.1, 0.15) is 59.4 Å². The number of nitriles is 1. The standard InChI is InChI=1S/C32H39F2N5O4/c1-30(2,3)25(37-28(42)31(4,5)34)27(41)38-14-19-16-10-18(21(33)11-16)23(19)24(38)26(40)39-15-32(12-17(39)13-35)20-8-6-7-9-22(20)36-29(32)43/h6-9,16-19,21,23-25H,10-12,14-15H2,1-5H3,(H,36,43)(H,37,42). The van der Waals surface area contributed by atoms with E-state index in [1.54, 1.807) is 32.9 Å². The van der Waals surface area contributed by atoms with Crippen LogP contribution in [-0.4, -0.2) is 76.5 Å². The highest BCUT2D eigenvalue weighted by molar-refractivity contribution is 6.07. The van der Waals surface area contributed by atoms with Gasteiger partial charge in [-0.25, -0.2) is 8.78 Å². The second-order valence-corrected chi connectivity index (χ2v) is 14.7. The summed E-state index contributed by atoms with van der Waals surface area (Å²) in [4.78, 5) is 57.9.